The average Bonchev–Trinajstić information content (AvgIpc) is 2.74. The lowest BCUT2D eigenvalue weighted by Crippen LogP contribution is -1.99. The number of halogens is 2. The van der Waals surface area contributed by atoms with Crippen LogP contribution in [0.2, 0.25) is 0 Å². The number of alkyl halides is 2. The first-order valence-corrected chi connectivity index (χ1v) is 5.30. The molecule has 1 heterocycles. The van der Waals surface area contributed by atoms with Crippen molar-refractivity contribution in [2.24, 2.45) is 7.05 Å². The number of hydrogen-bond donors (Lipinski definition) is 1. The van der Waals surface area contributed by atoms with E-state index in [1.807, 2.05) is 0 Å². The van der Waals surface area contributed by atoms with Gasteiger partial charge in [0.2, 0.25) is 0 Å². The number of anilines is 2. The second-order valence-electron chi connectivity index (χ2n) is 3.83. The van der Waals surface area contributed by atoms with Gasteiger partial charge >= 0.3 is 0 Å². The van der Waals surface area contributed by atoms with Crippen molar-refractivity contribution in [2.75, 3.05) is 5.32 Å². The maximum atomic E-state index is 12.9. The van der Waals surface area contributed by atoms with Crippen LogP contribution in [0.15, 0.2) is 30.5 Å². The summed E-state index contributed by atoms with van der Waals surface area (Å²) in [6, 6.07) is 4.87. The molecule has 0 unspecified atom stereocenters. The topological polar surface area (TPSA) is 73.0 Å². The molecule has 1 aromatic heterocycles. The summed E-state index contributed by atoms with van der Waals surface area (Å²) in [4.78, 5) is 9.86. The molecule has 0 aliphatic rings. The number of hydrogen-bond acceptors (Lipinski definition) is 4. The summed E-state index contributed by atoms with van der Waals surface area (Å²) in [6.07, 6.45) is -1.17. The molecule has 1 aromatic carbocycles. The van der Waals surface area contributed by atoms with Gasteiger partial charge in [0.05, 0.1) is 4.92 Å². The third kappa shape index (κ3) is 2.84. The summed E-state index contributed by atoms with van der Waals surface area (Å²) < 4.78 is 27.3. The lowest BCUT2D eigenvalue weighted by atomic mass is 10.1. The zero-order valence-electron chi connectivity index (χ0n) is 9.88. The molecule has 100 valence electrons. The number of aromatic nitrogens is 2. The lowest BCUT2D eigenvalue weighted by molar-refractivity contribution is -0.385. The third-order valence-corrected chi connectivity index (χ3v) is 2.46. The number of nitrogens with one attached hydrogen (secondary N) is 1. The van der Waals surface area contributed by atoms with Crippen LogP contribution in [-0.2, 0) is 7.05 Å². The predicted octanol–water partition coefficient (Wildman–Crippen LogP) is 3.01. The highest BCUT2D eigenvalue weighted by Gasteiger charge is 2.18. The van der Waals surface area contributed by atoms with E-state index in [-0.39, 0.29) is 11.4 Å². The van der Waals surface area contributed by atoms with E-state index in [4.69, 9.17) is 0 Å². The van der Waals surface area contributed by atoms with Crippen LogP contribution in [0.25, 0.3) is 0 Å². The van der Waals surface area contributed by atoms with Crippen LogP contribution in [-0.4, -0.2) is 14.7 Å². The van der Waals surface area contributed by atoms with E-state index < -0.39 is 16.9 Å². The van der Waals surface area contributed by atoms with Gasteiger partial charge in [0.15, 0.2) is 5.82 Å². The molecule has 2 rings (SSSR count). The van der Waals surface area contributed by atoms with E-state index in [1.165, 1.54) is 10.7 Å². The zero-order chi connectivity index (χ0) is 14.0. The molecular formula is C11H10F2N4O2. The van der Waals surface area contributed by atoms with Crippen molar-refractivity contribution in [1.82, 2.24) is 9.78 Å². The SMILES string of the molecule is Cn1ccc(Nc2ccc([N+](=O)[O-])cc2C(F)F)n1. The minimum absolute atomic E-state index is 0.0966. The van der Waals surface area contributed by atoms with Crippen LogP contribution in [0.3, 0.4) is 0 Å². The smallest absolute Gasteiger partial charge is 0.270 e. The highest BCUT2D eigenvalue weighted by Crippen LogP contribution is 2.32. The first kappa shape index (κ1) is 12.9. The second kappa shape index (κ2) is 5.01. The Morgan fingerprint density at radius 2 is 2.16 bits per heavy atom. The molecule has 0 fully saturated rings. The average molecular weight is 268 g/mol. The molecule has 0 bridgehead atoms. The monoisotopic (exact) mass is 268 g/mol. The van der Waals surface area contributed by atoms with E-state index in [0.29, 0.717) is 5.82 Å². The molecule has 0 saturated carbocycles. The van der Waals surface area contributed by atoms with Crippen molar-refractivity contribution in [3.8, 4) is 0 Å². The van der Waals surface area contributed by atoms with Crippen molar-refractivity contribution in [1.29, 1.82) is 0 Å². The van der Waals surface area contributed by atoms with Crippen molar-refractivity contribution >= 4 is 17.2 Å². The van der Waals surface area contributed by atoms with Gasteiger partial charge in [-0.3, -0.25) is 14.8 Å². The maximum absolute atomic E-state index is 12.9. The molecule has 2 aromatic rings. The summed E-state index contributed by atoms with van der Waals surface area (Å²) in [5.74, 6) is 0.387. The Morgan fingerprint density at radius 3 is 2.68 bits per heavy atom. The van der Waals surface area contributed by atoms with Gasteiger partial charge < -0.3 is 5.32 Å². The molecule has 0 aliphatic carbocycles. The number of non-ortho nitro benzene ring substituents is 1. The predicted molar refractivity (Wildman–Crippen MR) is 64.5 cm³/mol. The van der Waals surface area contributed by atoms with E-state index >= 15 is 0 Å². The van der Waals surface area contributed by atoms with Crippen molar-refractivity contribution in [3.63, 3.8) is 0 Å². The number of nitro benzene ring substituents is 1. The summed E-state index contributed by atoms with van der Waals surface area (Å²) in [7, 11) is 1.69. The summed E-state index contributed by atoms with van der Waals surface area (Å²) in [5, 5.41) is 17.3. The fourth-order valence-corrected chi connectivity index (χ4v) is 1.58. The Hall–Kier alpha value is -2.51. The van der Waals surface area contributed by atoms with E-state index in [1.54, 1.807) is 19.3 Å². The number of rotatable bonds is 4. The van der Waals surface area contributed by atoms with Crippen LogP contribution in [0.1, 0.15) is 12.0 Å². The number of nitrogens with zero attached hydrogens (tertiary/aromatic N) is 3. The molecule has 0 aliphatic heterocycles. The molecule has 0 amide bonds. The molecule has 19 heavy (non-hydrogen) atoms. The van der Waals surface area contributed by atoms with Crippen LogP contribution in [0.4, 0.5) is 26.0 Å². The third-order valence-electron chi connectivity index (χ3n) is 2.46. The van der Waals surface area contributed by atoms with Gasteiger partial charge in [-0.25, -0.2) is 8.78 Å². The van der Waals surface area contributed by atoms with Crippen LogP contribution >= 0.6 is 0 Å². The number of nitro groups is 1. The van der Waals surface area contributed by atoms with Crippen LogP contribution < -0.4 is 5.32 Å². The number of benzene rings is 1. The van der Waals surface area contributed by atoms with E-state index in [9.17, 15) is 18.9 Å². The van der Waals surface area contributed by atoms with Gasteiger partial charge in [-0.15, -0.1) is 0 Å². The van der Waals surface area contributed by atoms with Crippen molar-refractivity contribution < 1.29 is 13.7 Å². The van der Waals surface area contributed by atoms with Gasteiger partial charge in [-0.1, -0.05) is 0 Å². The fraction of sp³-hybridized carbons (Fsp3) is 0.182. The highest BCUT2D eigenvalue weighted by molar-refractivity contribution is 5.63. The molecule has 0 radical (unpaired) electrons. The molecule has 6 nitrogen and oxygen atoms in total. The summed E-state index contributed by atoms with van der Waals surface area (Å²) >= 11 is 0. The second-order valence-corrected chi connectivity index (χ2v) is 3.83. The van der Waals surface area contributed by atoms with Crippen LogP contribution in [0.5, 0.6) is 0 Å². The minimum Gasteiger partial charge on any atom is -0.338 e. The molecule has 0 spiro atoms. The normalized spacial score (nSPS) is 10.7. The van der Waals surface area contributed by atoms with Gasteiger partial charge in [-0.2, -0.15) is 5.10 Å². The van der Waals surface area contributed by atoms with Gasteiger partial charge in [0, 0.05) is 42.7 Å². The Morgan fingerprint density at radius 1 is 1.42 bits per heavy atom. The van der Waals surface area contributed by atoms with Crippen LogP contribution in [0, 0.1) is 10.1 Å². The highest BCUT2D eigenvalue weighted by atomic mass is 19.3. The fourth-order valence-electron chi connectivity index (χ4n) is 1.58. The molecule has 0 saturated heterocycles. The quantitative estimate of drug-likeness (QED) is 0.683. The Balaban J connectivity index is 2.36. The largest absolute Gasteiger partial charge is 0.338 e. The Labute approximate surface area is 106 Å². The summed E-state index contributed by atoms with van der Waals surface area (Å²) in [5.41, 5.74) is -0.707. The van der Waals surface area contributed by atoms with Gasteiger partial charge in [-0.05, 0) is 6.07 Å². The standard InChI is InChI=1S/C11H10F2N4O2/c1-16-5-4-10(15-16)14-9-3-2-7(17(18)19)6-8(9)11(12)13/h2-6,11H,1H3,(H,14,15). The minimum atomic E-state index is -2.81. The van der Waals surface area contributed by atoms with Gasteiger partial charge in [0.25, 0.3) is 12.1 Å². The maximum Gasteiger partial charge on any atom is 0.270 e. The lowest BCUT2D eigenvalue weighted by Gasteiger charge is -2.09. The number of aryl methyl sites for hydroxylation is 1. The van der Waals surface area contributed by atoms with E-state index in [0.717, 1.165) is 12.1 Å². The van der Waals surface area contributed by atoms with Gasteiger partial charge in [0.1, 0.15) is 0 Å². The molecule has 1 N–H and O–H groups in total. The first-order chi connectivity index (χ1) is 8.97. The first-order valence-electron chi connectivity index (χ1n) is 5.30. The molecular weight excluding hydrogens is 258 g/mol. The Bertz CT molecular complexity index is 612. The van der Waals surface area contributed by atoms with E-state index in [2.05, 4.69) is 10.4 Å². The van der Waals surface area contributed by atoms with Crippen molar-refractivity contribution in [2.45, 2.75) is 6.43 Å². The molecule has 8 heteroatoms. The summed E-state index contributed by atoms with van der Waals surface area (Å²) in [6.45, 7) is 0. The van der Waals surface area contributed by atoms with Crippen molar-refractivity contribution in [3.05, 3.63) is 46.1 Å². The zero-order valence-corrected chi connectivity index (χ0v) is 9.88. The Kier molecular flexibility index (Phi) is 3.41. The molecule has 0 atom stereocenters.